The van der Waals surface area contributed by atoms with E-state index in [0.717, 1.165) is 0 Å². The molecule has 5 unspecified atom stereocenters. The zero-order valence-electron chi connectivity index (χ0n) is 16.2. The van der Waals surface area contributed by atoms with Gasteiger partial charge in [-0.05, 0) is 35.9 Å². The van der Waals surface area contributed by atoms with E-state index in [2.05, 4.69) is 15.5 Å². The number of carbonyl (C=O) groups excluding carboxylic acids is 1. The molecule has 2 aliphatic rings. The van der Waals surface area contributed by atoms with Crippen LogP contribution in [0.4, 0.5) is 5.69 Å². The highest BCUT2D eigenvalue weighted by atomic mass is 16.7. The van der Waals surface area contributed by atoms with Gasteiger partial charge in [-0.2, -0.15) is 5.10 Å². The molecule has 0 radical (unpaired) electrons. The summed E-state index contributed by atoms with van der Waals surface area (Å²) in [5.41, 5.74) is 2.29. The SMILES string of the molecule is O=C1Nc2ccccc2/C1=N/N=C/c1ccc(OC2OC(CO)C(O)C(O)C2O)cc1. The molecule has 162 valence electrons. The molecule has 1 saturated heterocycles. The van der Waals surface area contributed by atoms with Gasteiger partial charge in [0, 0.05) is 5.56 Å². The van der Waals surface area contributed by atoms with Gasteiger partial charge in [0.15, 0.2) is 5.71 Å². The van der Waals surface area contributed by atoms with Crippen molar-refractivity contribution in [1.29, 1.82) is 0 Å². The highest BCUT2D eigenvalue weighted by molar-refractivity contribution is 6.53. The molecule has 2 aromatic rings. The van der Waals surface area contributed by atoms with E-state index in [1.807, 2.05) is 12.1 Å². The summed E-state index contributed by atoms with van der Waals surface area (Å²) in [5, 5.41) is 49.6. The van der Waals surface area contributed by atoms with E-state index in [4.69, 9.17) is 9.47 Å². The van der Waals surface area contributed by atoms with E-state index in [0.29, 0.717) is 22.6 Å². The maximum atomic E-state index is 12.0. The molecule has 10 nitrogen and oxygen atoms in total. The molecule has 2 heterocycles. The number of aliphatic hydroxyl groups excluding tert-OH is 4. The van der Waals surface area contributed by atoms with Crippen LogP contribution in [0.2, 0.25) is 0 Å². The summed E-state index contributed by atoms with van der Waals surface area (Å²) >= 11 is 0. The lowest BCUT2D eigenvalue weighted by molar-refractivity contribution is -0.277. The maximum Gasteiger partial charge on any atom is 0.276 e. The van der Waals surface area contributed by atoms with Gasteiger partial charge in [0.1, 0.15) is 30.2 Å². The molecule has 2 aromatic carbocycles. The summed E-state index contributed by atoms with van der Waals surface area (Å²) in [6.07, 6.45) is -5.29. The number of nitrogens with one attached hydrogen (secondary N) is 1. The van der Waals surface area contributed by atoms with Crippen molar-refractivity contribution < 1.29 is 34.7 Å². The van der Waals surface area contributed by atoms with Gasteiger partial charge in [0.2, 0.25) is 6.29 Å². The molecule has 2 aliphatic heterocycles. The second-order valence-corrected chi connectivity index (χ2v) is 7.08. The Morgan fingerprint density at radius 2 is 1.77 bits per heavy atom. The van der Waals surface area contributed by atoms with Crippen LogP contribution < -0.4 is 10.1 Å². The van der Waals surface area contributed by atoms with Gasteiger partial charge < -0.3 is 35.2 Å². The number of nitrogens with zero attached hydrogens (tertiary/aromatic N) is 2. The van der Waals surface area contributed by atoms with Crippen LogP contribution in [0, 0.1) is 0 Å². The van der Waals surface area contributed by atoms with Crippen LogP contribution in [0.15, 0.2) is 58.7 Å². The Balaban J connectivity index is 1.41. The molecule has 5 atom stereocenters. The van der Waals surface area contributed by atoms with Crippen LogP contribution in [-0.4, -0.2) is 75.6 Å². The number of para-hydroxylation sites is 1. The van der Waals surface area contributed by atoms with Crippen molar-refractivity contribution in [1.82, 2.24) is 0 Å². The Morgan fingerprint density at radius 3 is 2.52 bits per heavy atom. The Bertz CT molecular complexity index is 1010. The van der Waals surface area contributed by atoms with E-state index in [1.165, 1.54) is 6.21 Å². The number of aliphatic hydroxyl groups is 4. The summed E-state index contributed by atoms with van der Waals surface area (Å²) < 4.78 is 10.8. The Morgan fingerprint density at radius 1 is 1.03 bits per heavy atom. The fourth-order valence-electron chi connectivity index (χ4n) is 3.29. The van der Waals surface area contributed by atoms with Crippen LogP contribution in [0.25, 0.3) is 0 Å². The van der Waals surface area contributed by atoms with Crippen LogP contribution in [0.1, 0.15) is 11.1 Å². The Kier molecular flexibility index (Phi) is 6.07. The molecule has 0 bridgehead atoms. The number of carbonyl (C=O) groups is 1. The zero-order chi connectivity index (χ0) is 22.0. The number of hydrogen-bond acceptors (Lipinski definition) is 9. The first-order valence-corrected chi connectivity index (χ1v) is 9.57. The molecular weight excluding hydrogens is 406 g/mol. The van der Waals surface area contributed by atoms with Gasteiger partial charge in [0.25, 0.3) is 5.91 Å². The molecule has 10 heteroatoms. The standard InChI is InChI=1S/C21H21N3O7/c25-10-15-17(26)18(27)19(28)21(31-15)30-12-7-5-11(6-8-12)9-22-24-16-13-3-1-2-4-14(13)23-20(16)29/h1-9,15,17-19,21,25-28H,10H2,(H,23,24,29)/b22-9+. The van der Waals surface area contributed by atoms with Crippen LogP contribution in [0.5, 0.6) is 5.75 Å². The van der Waals surface area contributed by atoms with Gasteiger partial charge in [-0.15, -0.1) is 5.10 Å². The number of anilines is 1. The van der Waals surface area contributed by atoms with Gasteiger partial charge in [-0.25, -0.2) is 0 Å². The first kappa shape index (κ1) is 21.1. The fraction of sp³-hybridized carbons (Fsp3) is 0.286. The predicted molar refractivity (Wildman–Crippen MR) is 110 cm³/mol. The lowest BCUT2D eigenvalue weighted by atomic mass is 9.99. The number of benzene rings is 2. The third-order valence-corrected chi connectivity index (χ3v) is 4.99. The van der Waals surface area contributed by atoms with Gasteiger partial charge in [0.05, 0.1) is 18.5 Å². The topological polar surface area (TPSA) is 153 Å². The fourth-order valence-corrected chi connectivity index (χ4v) is 3.29. The highest BCUT2D eigenvalue weighted by Gasteiger charge is 2.44. The van der Waals surface area contributed by atoms with Crippen molar-refractivity contribution in [3.8, 4) is 5.75 Å². The molecule has 0 aromatic heterocycles. The van der Waals surface area contributed by atoms with E-state index >= 15 is 0 Å². The molecule has 1 fully saturated rings. The summed E-state index contributed by atoms with van der Waals surface area (Å²) in [4.78, 5) is 12.0. The Labute approximate surface area is 177 Å². The average molecular weight is 427 g/mol. The molecule has 0 aliphatic carbocycles. The number of hydrogen-bond donors (Lipinski definition) is 5. The predicted octanol–water partition coefficient (Wildman–Crippen LogP) is -0.359. The molecule has 0 saturated carbocycles. The number of ether oxygens (including phenoxy) is 2. The smallest absolute Gasteiger partial charge is 0.276 e. The molecular formula is C21H21N3O7. The first-order chi connectivity index (χ1) is 15.0. The zero-order valence-corrected chi connectivity index (χ0v) is 16.2. The Hall–Kier alpha value is -3.15. The number of fused-ring (bicyclic) bond motifs is 1. The van der Waals surface area contributed by atoms with E-state index in [9.17, 15) is 25.2 Å². The third kappa shape index (κ3) is 4.33. The normalized spacial score (nSPS) is 29.2. The van der Waals surface area contributed by atoms with Crippen molar-refractivity contribution in [2.24, 2.45) is 10.2 Å². The summed E-state index contributed by atoms with van der Waals surface area (Å²) in [7, 11) is 0. The first-order valence-electron chi connectivity index (χ1n) is 9.57. The van der Waals surface area contributed by atoms with E-state index in [-0.39, 0.29) is 11.6 Å². The summed E-state index contributed by atoms with van der Waals surface area (Å²) in [6, 6.07) is 13.7. The monoisotopic (exact) mass is 427 g/mol. The van der Waals surface area contributed by atoms with Gasteiger partial charge in [-0.3, -0.25) is 4.79 Å². The number of amides is 1. The second kappa shape index (κ2) is 8.92. The number of rotatable bonds is 5. The summed E-state index contributed by atoms with van der Waals surface area (Å²) in [6.45, 7) is -0.536. The third-order valence-electron chi connectivity index (χ3n) is 4.99. The minimum Gasteiger partial charge on any atom is -0.462 e. The molecule has 5 N–H and O–H groups in total. The van der Waals surface area contributed by atoms with Crippen LogP contribution in [0.3, 0.4) is 0 Å². The van der Waals surface area contributed by atoms with Crippen molar-refractivity contribution in [2.75, 3.05) is 11.9 Å². The maximum absolute atomic E-state index is 12.0. The van der Waals surface area contributed by atoms with Gasteiger partial charge >= 0.3 is 0 Å². The minimum absolute atomic E-state index is 0.231. The van der Waals surface area contributed by atoms with Gasteiger partial charge in [-0.1, -0.05) is 18.2 Å². The second-order valence-electron chi connectivity index (χ2n) is 7.08. The minimum atomic E-state index is -1.51. The quantitative estimate of drug-likeness (QED) is 0.323. The van der Waals surface area contributed by atoms with Crippen molar-refractivity contribution in [2.45, 2.75) is 30.7 Å². The lowest BCUT2D eigenvalue weighted by Gasteiger charge is -2.39. The molecule has 4 rings (SSSR count). The van der Waals surface area contributed by atoms with E-state index < -0.39 is 37.3 Å². The average Bonchev–Trinajstić information content (AvgIpc) is 3.10. The van der Waals surface area contributed by atoms with Crippen LogP contribution in [-0.2, 0) is 9.53 Å². The molecule has 1 amide bonds. The highest BCUT2D eigenvalue weighted by Crippen LogP contribution is 2.25. The molecule has 31 heavy (non-hydrogen) atoms. The van der Waals surface area contributed by atoms with E-state index in [1.54, 1.807) is 36.4 Å². The van der Waals surface area contributed by atoms with Crippen LogP contribution >= 0.6 is 0 Å². The summed E-state index contributed by atoms with van der Waals surface area (Å²) in [5.74, 6) is 0.0125. The van der Waals surface area contributed by atoms with Crippen molar-refractivity contribution in [3.63, 3.8) is 0 Å². The molecule has 0 spiro atoms. The lowest BCUT2D eigenvalue weighted by Crippen LogP contribution is -2.60. The largest absolute Gasteiger partial charge is 0.462 e. The van der Waals surface area contributed by atoms with Crippen molar-refractivity contribution in [3.05, 3.63) is 59.7 Å². The van der Waals surface area contributed by atoms with Crippen molar-refractivity contribution >= 4 is 23.5 Å².